The van der Waals surface area contributed by atoms with E-state index in [2.05, 4.69) is 62.5 Å². The topological polar surface area (TPSA) is 21.3 Å². The van der Waals surface area contributed by atoms with E-state index in [9.17, 15) is 0 Å². The molecule has 0 aliphatic heterocycles. The molecule has 0 fully saturated rings. The second kappa shape index (κ2) is 9.10. The lowest BCUT2D eigenvalue weighted by Gasteiger charge is -2.23. The summed E-state index contributed by atoms with van der Waals surface area (Å²) in [6, 6.07) is 16.9. The highest BCUT2D eigenvalue weighted by Gasteiger charge is 2.16. The van der Waals surface area contributed by atoms with Gasteiger partial charge >= 0.3 is 0 Å². The lowest BCUT2D eigenvalue weighted by Crippen LogP contribution is -2.22. The van der Waals surface area contributed by atoms with Gasteiger partial charge in [0, 0.05) is 11.1 Å². The summed E-state index contributed by atoms with van der Waals surface area (Å²) in [5.41, 5.74) is 2.65. The summed E-state index contributed by atoms with van der Waals surface area (Å²) >= 11 is 5.96. The lowest BCUT2D eigenvalue weighted by molar-refractivity contribution is 0.412. The summed E-state index contributed by atoms with van der Waals surface area (Å²) in [5.74, 6) is 2.06. The molecule has 0 aromatic heterocycles. The predicted molar refractivity (Wildman–Crippen MR) is 103 cm³/mol. The molecule has 0 aliphatic rings. The van der Waals surface area contributed by atoms with Crippen LogP contribution < -0.4 is 10.1 Å². The van der Waals surface area contributed by atoms with Crippen molar-refractivity contribution in [3.63, 3.8) is 0 Å². The maximum Gasteiger partial charge on any atom is 0.118 e. The molecule has 0 spiro atoms. The minimum absolute atomic E-state index is 0.325. The molecule has 0 saturated carbocycles. The normalized spacial score (nSPS) is 13.8. The number of halogens is 1. The van der Waals surface area contributed by atoms with E-state index in [1.54, 1.807) is 7.11 Å². The van der Waals surface area contributed by atoms with Gasteiger partial charge in [-0.05, 0) is 67.1 Å². The molecule has 0 heterocycles. The molecule has 130 valence electrons. The third-order valence-electron chi connectivity index (χ3n) is 4.62. The number of rotatable bonds is 8. The molecular formula is C21H28ClNO. The summed E-state index contributed by atoms with van der Waals surface area (Å²) in [7, 11) is 1.71. The van der Waals surface area contributed by atoms with Crippen molar-refractivity contribution in [2.24, 2.45) is 5.92 Å². The van der Waals surface area contributed by atoms with Crippen LogP contribution in [0, 0.1) is 5.92 Å². The van der Waals surface area contributed by atoms with Crippen LogP contribution in [0.25, 0.3) is 0 Å². The van der Waals surface area contributed by atoms with Crippen LogP contribution in [0.2, 0.25) is 5.02 Å². The van der Waals surface area contributed by atoms with Gasteiger partial charge in [0.25, 0.3) is 0 Å². The van der Waals surface area contributed by atoms with Crippen LogP contribution in [-0.2, 0) is 0 Å². The molecule has 0 bridgehead atoms. The predicted octanol–water partition coefficient (Wildman–Crippen LogP) is 5.83. The fourth-order valence-corrected chi connectivity index (χ4v) is 3.19. The number of hydrogen-bond donors (Lipinski definition) is 1. The zero-order valence-corrected chi connectivity index (χ0v) is 15.8. The fourth-order valence-electron chi connectivity index (χ4n) is 3.06. The van der Waals surface area contributed by atoms with Crippen LogP contribution >= 0.6 is 11.6 Å². The monoisotopic (exact) mass is 345 g/mol. The molecule has 2 unspecified atom stereocenters. The van der Waals surface area contributed by atoms with Gasteiger partial charge in [0.05, 0.1) is 7.11 Å². The molecule has 0 aliphatic carbocycles. The van der Waals surface area contributed by atoms with Crippen molar-refractivity contribution in [3.05, 3.63) is 64.7 Å². The third-order valence-corrected chi connectivity index (χ3v) is 4.88. The van der Waals surface area contributed by atoms with Gasteiger partial charge in [-0.15, -0.1) is 0 Å². The molecule has 2 atom stereocenters. The summed E-state index contributed by atoms with van der Waals surface area (Å²) in [6.07, 6.45) is 1.11. The zero-order chi connectivity index (χ0) is 17.5. The Morgan fingerprint density at radius 2 is 1.50 bits per heavy atom. The third kappa shape index (κ3) is 5.25. The van der Waals surface area contributed by atoms with Crippen molar-refractivity contribution in [2.45, 2.75) is 39.2 Å². The van der Waals surface area contributed by atoms with E-state index in [0.29, 0.717) is 17.9 Å². The Hall–Kier alpha value is -1.51. The van der Waals surface area contributed by atoms with Gasteiger partial charge in [-0.1, -0.05) is 49.7 Å². The first-order chi connectivity index (χ1) is 11.5. The van der Waals surface area contributed by atoms with Crippen LogP contribution in [0.4, 0.5) is 0 Å². The number of methoxy groups -OCH3 is 1. The first-order valence-electron chi connectivity index (χ1n) is 8.64. The van der Waals surface area contributed by atoms with Crippen molar-refractivity contribution in [3.8, 4) is 5.75 Å². The van der Waals surface area contributed by atoms with Crippen molar-refractivity contribution < 1.29 is 4.74 Å². The van der Waals surface area contributed by atoms with E-state index in [1.807, 2.05) is 12.1 Å². The number of nitrogens with one attached hydrogen (secondary N) is 1. The van der Waals surface area contributed by atoms with Crippen LogP contribution in [0.15, 0.2) is 48.5 Å². The van der Waals surface area contributed by atoms with E-state index in [0.717, 1.165) is 23.7 Å². The Balaban J connectivity index is 1.92. The molecule has 0 amide bonds. The van der Waals surface area contributed by atoms with Crippen LogP contribution in [-0.4, -0.2) is 13.7 Å². The van der Waals surface area contributed by atoms with Gasteiger partial charge in [-0.25, -0.2) is 0 Å². The molecule has 0 radical (unpaired) electrons. The zero-order valence-electron chi connectivity index (χ0n) is 15.1. The Kier molecular flexibility index (Phi) is 7.14. The Morgan fingerprint density at radius 3 is 2.04 bits per heavy atom. The van der Waals surface area contributed by atoms with E-state index < -0.39 is 0 Å². The van der Waals surface area contributed by atoms with Crippen LogP contribution in [0.3, 0.4) is 0 Å². The molecule has 2 aromatic rings. The summed E-state index contributed by atoms with van der Waals surface area (Å²) in [4.78, 5) is 0. The quantitative estimate of drug-likeness (QED) is 0.650. The molecule has 2 rings (SSSR count). The Bertz CT molecular complexity index is 607. The average molecular weight is 346 g/mol. The first-order valence-corrected chi connectivity index (χ1v) is 9.02. The average Bonchev–Trinajstić information content (AvgIpc) is 2.59. The van der Waals surface area contributed by atoms with Gasteiger partial charge in [0.1, 0.15) is 5.75 Å². The molecular weight excluding hydrogens is 318 g/mol. The molecule has 1 N–H and O–H groups in total. The molecule has 2 nitrogen and oxygen atoms in total. The minimum Gasteiger partial charge on any atom is -0.497 e. The summed E-state index contributed by atoms with van der Waals surface area (Å²) < 4.78 is 5.26. The van der Waals surface area contributed by atoms with Gasteiger partial charge in [-0.2, -0.15) is 0 Å². The van der Waals surface area contributed by atoms with E-state index in [4.69, 9.17) is 16.3 Å². The first kappa shape index (κ1) is 18.8. The SMILES string of the molecule is COc1ccc(C(CCNC(C)c2ccc(Cl)cc2)C(C)C)cc1. The van der Waals surface area contributed by atoms with Gasteiger partial charge < -0.3 is 10.1 Å². The highest BCUT2D eigenvalue weighted by molar-refractivity contribution is 6.30. The molecule has 3 heteroatoms. The smallest absolute Gasteiger partial charge is 0.118 e. The van der Waals surface area contributed by atoms with Crippen molar-refractivity contribution >= 4 is 11.6 Å². The number of benzene rings is 2. The van der Waals surface area contributed by atoms with Gasteiger partial charge in [0.2, 0.25) is 0 Å². The maximum absolute atomic E-state index is 5.96. The highest BCUT2D eigenvalue weighted by Crippen LogP contribution is 2.29. The standard InChI is InChI=1S/C21H28ClNO/c1-15(2)21(18-7-11-20(24-4)12-8-18)13-14-23-16(3)17-5-9-19(22)10-6-17/h5-12,15-16,21,23H,13-14H2,1-4H3. The fraction of sp³-hybridized carbons (Fsp3) is 0.429. The van der Waals surface area contributed by atoms with Crippen molar-refractivity contribution in [1.29, 1.82) is 0 Å². The highest BCUT2D eigenvalue weighted by atomic mass is 35.5. The maximum atomic E-state index is 5.96. The largest absolute Gasteiger partial charge is 0.497 e. The summed E-state index contributed by atoms with van der Waals surface area (Å²) in [6.45, 7) is 7.76. The van der Waals surface area contributed by atoms with Gasteiger partial charge in [0.15, 0.2) is 0 Å². The van der Waals surface area contributed by atoms with Crippen molar-refractivity contribution in [1.82, 2.24) is 5.32 Å². The van der Waals surface area contributed by atoms with Crippen molar-refractivity contribution in [2.75, 3.05) is 13.7 Å². The Labute approximate surface area is 151 Å². The number of ether oxygens (including phenoxy) is 1. The van der Waals surface area contributed by atoms with Gasteiger partial charge in [-0.3, -0.25) is 0 Å². The second-order valence-corrected chi connectivity index (χ2v) is 7.08. The Morgan fingerprint density at radius 1 is 0.917 bits per heavy atom. The molecule has 0 saturated heterocycles. The summed E-state index contributed by atoms with van der Waals surface area (Å²) in [5, 5.41) is 4.41. The van der Waals surface area contributed by atoms with E-state index in [-0.39, 0.29) is 0 Å². The van der Waals surface area contributed by atoms with E-state index >= 15 is 0 Å². The van der Waals surface area contributed by atoms with Crippen LogP contribution in [0.5, 0.6) is 5.75 Å². The lowest BCUT2D eigenvalue weighted by atomic mass is 9.85. The van der Waals surface area contributed by atoms with Crippen LogP contribution in [0.1, 0.15) is 50.3 Å². The molecule has 2 aromatic carbocycles. The van der Waals surface area contributed by atoms with E-state index in [1.165, 1.54) is 11.1 Å². The minimum atomic E-state index is 0.325. The second-order valence-electron chi connectivity index (χ2n) is 6.64. The molecule has 24 heavy (non-hydrogen) atoms. The number of hydrogen-bond acceptors (Lipinski definition) is 2.